The molecule has 0 saturated heterocycles. The number of carbonyl (C=O) groups is 1. The minimum atomic E-state index is -0.386. The summed E-state index contributed by atoms with van der Waals surface area (Å²) in [6.45, 7) is 2.03. The van der Waals surface area contributed by atoms with E-state index in [-0.39, 0.29) is 18.4 Å². The molecule has 0 unspecified atom stereocenters. The summed E-state index contributed by atoms with van der Waals surface area (Å²) >= 11 is 0. The van der Waals surface area contributed by atoms with Crippen LogP contribution >= 0.6 is 0 Å². The second-order valence-electron chi connectivity index (χ2n) is 6.98. The average molecular weight is 446 g/mol. The Labute approximate surface area is 189 Å². The van der Waals surface area contributed by atoms with Crippen molar-refractivity contribution in [1.29, 1.82) is 0 Å². The van der Waals surface area contributed by atoms with Crippen LogP contribution in [-0.4, -0.2) is 51.4 Å². The molecule has 4 aromatic rings. The number of hydrogen-bond acceptors (Lipinski definition) is 9. The van der Waals surface area contributed by atoms with Crippen molar-refractivity contribution >= 4 is 17.5 Å². The minimum absolute atomic E-state index is 0.0156. The molecule has 3 heterocycles. The van der Waals surface area contributed by atoms with E-state index >= 15 is 0 Å². The Bertz CT molecular complexity index is 1240. The molecular formula is C23H22N6O4. The molecule has 4 rings (SSSR count). The number of ether oxygens (including phenoxy) is 1. The van der Waals surface area contributed by atoms with Crippen molar-refractivity contribution < 1.29 is 19.2 Å². The quantitative estimate of drug-likeness (QED) is 0.373. The molecule has 0 bridgehead atoms. The maximum Gasteiger partial charge on any atom is 0.261 e. The molecule has 0 saturated carbocycles. The molecule has 168 valence electrons. The highest BCUT2D eigenvalue weighted by Crippen LogP contribution is 2.30. The lowest BCUT2D eigenvalue weighted by Gasteiger charge is -2.11. The Balaban J connectivity index is 1.57. The standard InChI is InChI=1S/C23H22N6O4/c1-14-19(20(29-33-14)15-6-4-3-5-7-15)21(31)27-18-9-8-17(28-22(18)32-2)16-12-25-23(26-13-16)24-10-11-30/h3-9,12-13,30H,10-11H2,1-2H3,(H,27,31)(H,24,25,26). The highest BCUT2D eigenvalue weighted by atomic mass is 16.5. The summed E-state index contributed by atoms with van der Waals surface area (Å²) in [5, 5.41) is 18.6. The molecule has 0 spiro atoms. The van der Waals surface area contributed by atoms with Crippen LogP contribution in [0.5, 0.6) is 5.88 Å². The van der Waals surface area contributed by atoms with E-state index in [0.29, 0.717) is 46.5 Å². The van der Waals surface area contributed by atoms with Gasteiger partial charge >= 0.3 is 0 Å². The van der Waals surface area contributed by atoms with Gasteiger partial charge in [-0.2, -0.15) is 0 Å². The fraction of sp³-hybridized carbons (Fsp3) is 0.174. The number of aliphatic hydroxyl groups is 1. The first-order valence-corrected chi connectivity index (χ1v) is 10.2. The number of hydrogen-bond donors (Lipinski definition) is 3. The molecule has 10 heteroatoms. The number of aryl methyl sites for hydroxylation is 1. The predicted octanol–water partition coefficient (Wildman–Crippen LogP) is 3.17. The lowest BCUT2D eigenvalue weighted by atomic mass is 10.1. The highest BCUT2D eigenvalue weighted by Gasteiger charge is 2.23. The van der Waals surface area contributed by atoms with Crippen molar-refractivity contribution in [3.8, 4) is 28.4 Å². The van der Waals surface area contributed by atoms with E-state index in [1.165, 1.54) is 7.11 Å². The summed E-state index contributed by atoms with van der Waals surface area (Å²) in [5.41, 5.74) is 3.21. The molecule has 1 amide bonds. The van der Waals surface area contributed by atoms with Crippen molar-refractivity contribution in [1.82, 2.24) is 20.1 Å². The summed E-state index contributed by atoms with van der Waals surface area (Å²) in [6, 6.07) is 12.8. The second kappa shape index (κ2) is 9.88. The predicted molar refractivity (Wildman–Crippen MR) is 122 cm³/mol. The molecule has 0 aliphatic carbocycles. The first-order chi connectivity index (χ1) is 16.1. The Morgan fingerprint density at radius 2 is 1.85 bits per heavy atom. The lowest BCUT2D eigenvalue weighted by molar-refractivity contribution is 0.102. The molecule has 0 fully saturated rings. The van der Waals surface area contributed by atoms with Gasteiger partial charge in [0.1, 0.15) is 22.7 Å². The van der Waals surface area contributed by atoms with Gasteiger partial charge in [0.05, 0.1) is 19.4 Å². The van der Waals surface area contributed by atoms with Gasteiger partial charge in [-0.3, -0.25) is 4.79 Å². The van der Waals surface area contributed by atoms with Crippen LogP contribution in [0.2, 0.25) is 0 Å². The summed E-state index contributed by atoms with van der Waals surface area (Å²) < 4.78 is 10.7. The van der Waals surface area contributed by atoms with E-state index in [2.05, 4.69) is 30.7 Å². The van der Waals surface area contributed by atoms with Gasteiger partial charge in [0.15, 0.2) is 0 Å². The van der Waals surface area contributed by atoms with Crippen molar-refractivity contribution in [2.24, 2.45) is 0 Å². The van der Waals surface area contributed by atoms with E-state index in [4.69, 9.17) is 14.4 Å². The van der Waals surface area contributed by atoms with E-state index in [1.807, 2.05) is 30.3 Å². The van der Waals surface area contributed by atoms with Gasteiger partial charge in [-0.15, -0.1) is 0 Å². The van der Waals surface area contributed by atoms with Crippen LogP contribution in [0.1, 0.15) is 16.1 Å². The Hall–Kier alpha value is -4.31. The van der Waals surface area contributed by atoms with E-state index in [0.717, 1.165) is 5.56 Å². The maximum absolute atomic E-state index is 13.1. The van der Waals surface area contributed by atoms with Gasteiger partial charge < -0.3 is 25.0 Å². The third-order valence-electron chi connectivity index (χ3n) is 4.78. The average Bonchev–Trinajstić information content (AvgIpc) is 3.25. The van der Waals surface area contributed by atoms with Gasteiger partial charge in [0, 0.05) is 30.1 Å². The number of amides is 1. The van der Waals surface area contributed by atoms with E-state index in [9.17, 15) is 4.79 Å². The number of anilines is 2. The number of benzene rings is 1. The number of nitrogens with zero attached hydrogens (tertiary/aromatic N) is 4. The number of pyridine rings is 1. The van der Waals surface area contributed by atoms with E-state index < -0.39 is 0 Å². The van der Waals surface area contributed by atoms with Crippen LogP contribution in [0, 0.1) is 6.92 Å². The second-order valence-corrected chi connectivity index (χ2v) is 6.98. The van der Waals surface area contributed by atoms with Crippen LogP contribution < -0.4 is 15.4 Å². The van der Waals surface area contributed by atoms with Crippen LogP contribution in [0.25, 0.3) is 22.5 Å². The smallest absolute Gasteiger partial charge is 0.261 e. The normalized spacial score (nSPS) is 10.6. The number of rotatable bonds is 8. The molecule has 0 aliphatic rings. The third-order valence-corrected chi connectivity index (χ3v) is 4.78. The zero-order chi connectivity index (χ0) is 23.2. The molecule has 0 aliphatic heterocycles. The SMILES string of the molecule is COc1nc(-c2cnc(NCCO)nc2)ccc1NC(=O)c1c(-c2ccccc2)noc1C. The number of methoxy groups -OCH3 is 1. The minimum Gasteiger partial charge on any atom is -0.479 e. The summed E-state index contributed by atoms with van der Waals surface area (Å²) in [6.07, 6.45) is 3.22. The molecule has 3 N–H and O–H groups in total. The number of aromatic nitrogens is 4. The summed E-state index contributed by atoms with van der Waals surface area (Å²) in [5.74, 6) is 0.658. The zero-order valence-electron chi connectivity index (χ0n) is 18.1. The van der Waals surface area contributed by atoms with Crippen LogP contribution in [0.4, 0.5) is 11.6 Å². The topological polar surface area (TPSA) is 135 Å². The molecule has 33 heavy (non-hydrogen) atoms. The van der Waals surface area contributed by atoms with Gasteiger partial charge in [-0.1, -0.05) is 35.5 Å². The number of aliphatic hydroxyl groups excluding tert-OH is 1. The maximum atomic E-state index is 13.1. The Morgan fingerprint density at radius 3 is 2.55 bits per heavy atom. The van der Waals surface area contributed by atoms with Crippen molar-refractivity contribution in [2.45, 2.75) is 6.92 Å². The number of nitrogens with one attached hydrogen (secondary N) is 2. The molecular weight excluding hydrogens is 424 g/mol. The van der Waals surface area contributed by atoms with Crippen molar-refractivity contribution in [3.05, 3.63) is 66.2 Å². The molecule has 1 aromatic carbocycles. The fourth-order valence-electron chi connectivity index (χ4n) is 3.19. The molecule has 3 aromatic heterocycles. The van der Waals surface area contributed by atoms with Crippen LogP contribution in [0.3, 0.4) is 0 Å². The van der Waals surface area contributed by atoms with Gasteiger partial charge in [-0.25, -0.2) is 15.0 Å². The summed E-state index contributed by atoms with van der Waals surface area (Å²) in [4.78, 5) is 26.0. The van der Waals surface area contributed by atoms with E-state index in [1.54, 1.807) is 31.5 Å². The van der Waals surface area contributed by atoms with Crippen LogP contribution in [-0.2, 0) is 0 Å². The molecule has 0 atom stereocenters. The summed E-state index contributed by atoms with van der Waals surface area (Å²) in [7, 11) is 1.47. The Morgan fingerprint density at radius 1 is 1.09 bits per heavy atom. The number of carbonyl (C=O) groups excluding carboxylic acids is 1. The van der Waals surface area contributed by atoms with Gasteiger partial charge in [-0.05, 0) is 19.1 Å². The Kier molecular flexibility index (Phi) is 6.56. The first kappa shape index (κ1) is 21.9. The highest BCUT2D eigenvalue weighted by molar-refractivity contribution is 6.09. The first-order valence-electron chi connectivity index (χ1n) is 10.2. The van der Waals surface area contributed by atoms with Gasteiger partial charge in [0.25, 0.3) is 5.91 Å². The fourth-order valence-corrected chi connectivity index (χ4v) is 3.19. The van der Waals surface area contributed by atoms with Gasteiger partial charge in [0.2, 0.25) is 11.8 Å². The largest absolute Gasteiger partial charge is 0.479 e. The third kappa shape index (κ3) is 4.80. The lowest BCUT2D eigenvalue weighted by Crippen LogP contribution is -2.14. The molecule has 10 nitrogen and oxygen atoms in total. The zero-order valence-corrected chi connectivity index (χ0v) is 18.1. The monoisotopic (exact) mass is 446 g/mol. The van der Waals surface area contributed by atoms with Crippen LogP contribution in [0.15, 0.2) is 59.4 Å². The van der Waals surface area contributed by atoms with Crippen molar-refractivity contribution in [2.75, 3.05) is 30.9 Å². The van der Waals surface area contributed by atoms with Crippen molar-refractivity contribution in [3.63, 3.8) is 0 Å². The molecule has 0 radical (unpaired) electrons.